The molecule has 3 aromatic rings. The van der Waals surface area contributed by atoms with Gasteiger partial charge < -0.3 is 10.6 Å². The fourth-order valence-electron chi connectivity index (χ4n) is 2.65. The zero-order chi connectivity index (χ0) is 17.5. The van der Waals surface area contributed by atoms with Crippen molar-refractivity contribution in [2.45, 2.75) is 12.6 Å². The van der Waals surface area contributed by atoms with Gasteiger partial charge in [-0.2, -0.15) is 0 Å². The highest BCUT2D eigenvalue weighted by Gasteiger charge is 2.14. The van der Waals surface area contributed by atoms with E-state index in [4.69, 9.17) is 12.2 Å². The summed E-state index contributed by atoms with van der Waals surface area (Å²) in [6.07, 6.45) is 0. The normalized spacial score (nSPS) is 10.5. The molecule has 0 heterocycles. The Hall–Kier alpha value is -2.17. The third kappa shape index (κ3) is 4.91. The smallest absolute Gasteiger partial charge is 0.167 e. The maximum Gasteiger partial charge on any atom is 0.167 e. The first-order valence-electron chi connectivity index (χ1n) is 8.11. The maximum atomic E-state index is 5.54. The largest absolute Gasteiger partial charge is 0.359 e. The van der Waals surface area contributed by atoms with Crippen molar-refractivity contribution in [3.8, 4) is 0 Å². The van der Waals surface area contributed by atoms with Crippen molar-refractivity contribution < 1.29 is 0 Å². The van der Waals surface area contributed by atoms with Gasteiger partial charge in [0.1, 0.15) is 0 Å². The quantitative estimate of drug-likeness (QED) is 0.564. The molecular weight excluding hydrogens is 392 g/mol. The number of thiocarbonyl (C=S) groups is 1. The topological polar surface area (TPSA) is 24.1 Å². The Labute approximate surface area is 162 Å². The van der Waals surface area contributed by atoms with Crippen LogP contribution in [0.5, 0.6) is 0 Å². The third-order valence-electron chi connectivity index (χ3n) is 3.94. The Morgan fingerprint density at radius 3 is 1.88 bits per heavy atom. The third-order valence-corrected chi connectivity index (χ3v) is 4.97. The first-order chi connectivity index (χ1) is 12.2. The highest BCUT2D eigenvalue weighted by Crippen LogP contribution is 2.21. The molecule has 4 heteroatoms. The van der Waals surface area contributed by atoms with E-state index >= 15 is 0 Å². The summed E-state index contributed by atoms with van der Waals surface area (Å²) in [5, 5.41) is 7.38. The van der Waals surface area contributed by atoms with Crippen molar-refractivity contribution in [3.63, 3.8) is 0 Å². The monoisotopic (exact) mass is 410 g/mol. The highest BCUT2D eigenvalue weighted by molar-refractivity contribution is 9.10. The molecule has 0 atom stereocenters. The van der Waals surface area contributed by atoms with Crippen LogP contribution in [0.3, 0.4) is 0 Å². The molecule has 2 N–H and O–H groups in total. The molecule has 0 radical (unpaired) electrons. The minimum atomic E-state index is 0.0154. The van der Waals surface area contributed by atoms with E-state index < -0.39 is 0 Å². The lowest BCUT2D eigenvalue weighted by Crippen LogP contribution is -2.37. The second-order valence-corrected chi connectivity index (χ2v) is 6.94. The average molecular weight is 411 g/mol. The average Bonchev–Trinajstić information content (AvgIpc) is 2.67. The molecule has 0 spiro atoms. The van der Waals surface area contributed by atoms with Gasteiger partial charge in [-0.1, -0.05) is 94.8 Å². The van der Waals surface area contributed by atoms with Crippen molar-refractivity contribution in [1.29, 1.82) is 0 Å². The van der Waals surface area contributed by atoms with Crippen LogP contribution in [-0.2, 0) is 6.54 Å². The summed E-state index contributed by atoms with van der Waals surface area (Å²) in [4.78, 5) is 0. The molecule has 25 heavy (non-hydrogen) atoms. The molecule has 0 aromatic heterocycles. The molecule has 0 saturated heterocycles. The molecule has 0 bridgehead atoms. The van der Waals surface area contributed by atoms with Crippen LogP contribution in [0.15, 0.2) is 89.4 Å². The Bertz CT molecular complexity index is 782. The summed E-state index contributed by atoms with van der Waals surface area (Å²) >= 11 is 9.10. The second-order valence-electron chi connectivity index (χ2n) is 5.67. The summed E-state index contributed by atoms with van der Waals surface area (Å²) in [5.74, 6) is 0. The number of hydrogen-bond donors (Lipinski definition) is 2. The number of rotatable bonds is 5. The lowest BCUT2D eigenvalue weighted by Gasteiger charge is -2.22. The van der Waals surface area contributed by atoms with Crippen molar-refractivity contribution in [2.75, 3.05) is 0 Å². The maximum absolute atomic E-state index is 5.54. The molecule has 0 fully saturated rings. The molecule has 0 unspecified atom stereocenters. The van der Waals surface area contributed by atoms with Crippen molar-refractivity contribution in [2.24, 2.45) is 0 Å². The standard InChI is InChI=1S/C21H19BrN2S/c22-19-14-8-7-13-18(19)15-23-21(25)24-20(16-9-3-1-4-10-16)17-11-5-2-6-12-17/h1-14,20H,15H2,(H2,23,24,25). The lowest BCUT2D eigenvalue weighted by atomic mass is 9.99. The van der Waals surface area contributed by atoms with E-state index in [0.29, 0.717) is 11.7 Å². The first-order valence-corrected chi connectivity index (χ1v) is 9.32. The molecule has 0 aliphatic heterocycles. The van der Waals surface area contributed by atoms with Gasteiger partial charge in [-0.05, 0) is 35.0 Å². The fraction of sp³-hybridized carbons (Fsp3) is 0.0952. The zero-order valence-corrected chi connectivity index (χ0v) is 16.1. The van der Waals surface area contributed by atoms with Crippen molar-refractivity contribution in [3.05, 3.63) is 106 Å². The van der Waals surface area contributed by atoms with E-state index in [0.717, 1.165) is 4.47 Å². The summed E-state index contributed by atoms with van der Waals surface area (Å²) in [7, 11) is 0. The number of halogens is 1. The van der Waals surface area contributed by atoms with Crippen LogP contribution in [0.25, 0.3) is 0 Å². The number of benzene rings is 3. The predicted octanol–water partition coefficient (Wildman–Crippen LogP) is 5.20. The minimum absolute atomic E-state index is 0.0154. The SMILES string of the molecule is S=C(NCc1ccccc1Br)NC(c1ccccc1)c1ccccc1. The Morgan fingerprint density at radius 1 is 0.800 bits per heavy atom. The van der Waals surface area contributed by atoms with E-state index in [1.165, 1.54) is 16.7 Å². The van der Waals surface area contributed by atoms with Gasteiger partial charge in [0.2, 0.25) is 0 Å². The lowest BCUT2D eigenvalue weighted by molar-refractivity contribution is 0.735. The van der Waals surface area contributed by atoms with Crippen LogP contribution in [0, 0.1) is 0 Å². The molecule has 0 aliphatic rings. The molecule has 3 aromatic carbocycles. The van der Waals surface area contributed by atoms with Crippen molar-refractivity contribution in [1.82, 2.24) is 10.6 Å². The predicted molar refractivity (Wildman–Crippen MR) is 111 cm³/mol. The molecule has 0 saturated carbocycles. The Kier molecular flexibility index (Phi) is 6.20. The van der Waals surface area contributed by atoms with E-state index in [-0.39, 0.29) is 6.04 Å². The zero-order valence-electron chi connectivity index (χ0n) is 13.7. The first kappa shape index (κ1) is 17.6. The van der Waals surface area contributed by atoms with Gasteiger partial charge in [0.05, 0.1) is 6.04 Å². The van der Waals surface area contributed by atoms with Crippen LogP contribution in [0.4, 0.5) is 0 Å². The van der Waals surface area contributed by atoms with Crippen LogP contribution < -0.4 is 10.6 Å². The summed E-state index contributed by atoms with van der Waals surface area (Å²) < 4.78 is 1.08. The molecule has 0 aliphatic carbocycles. The van der Waals surface area contributed by atoms with Crippen LogP contribution >= 0.6 is 28.1 Å². The molecule has 126 valence electrons. The van der Waals surface area contributed by atoms with E-state index in [1.54, 1.807) is 0 Å². The summed E-state index contributed by atoms with van der Waals surface area (Å²) in [6, 6.07) is 28.8. The summed E-state index contributed by atoms with van der Waals surface area (Å²) in [5.41, 5.74) is 3.53. The van der Waals surface area contributed by atoms with Crippen LogP contribution in [0.1, 0.15) is 22.7 Å². The molecule has 3 rings (SSSR count). The summed E-state index contributed by atoms with van der Waals surface area (Å²) in [6.45, 7) is 0.670. The van der Waals surface area contributed by atoms with E-state index in [2.05, 4.69) is 56.9 Å². The Morgan fingerprint density at radius 2 is 1.32 bits per heavy atom. The van der Waals surface area contributed by atoms with Gasteiger partial charge in [0.15, 0.2) is 5.11 Å². The Balaban J connectivity index is 1.72. The van der Waals surface area contributed by atoms with E-state index in [9.17, 15) is 0 Å². The van der Waals surface area contributed by atoms with Crippen LogP contribution in [-0.4, -0.2) is 5.11 Å². The van der Waals surface area contributed by atoms with Crippen LogP contribution in [0.2, 0.25) is 0 Å². The molecule has 0 amide bonds. The van der Waals surface area contributed by atoms with Gasteiger partial charge in [-0.25, -0.2) is 0 Å². The van der Waals surface area contributed by atoms with E-state index in [1.807, 2.05) is 54.6 Å². The minimum Gasteiger partial charge on any atom is -0.359 e. The molecule has 2 nitrogen and oxygen atoms in total. The fourth-order valence-corrected chi connectivity index (χ4v) is 3.26. The van der Waals surface area contributed by atoms with Gasteiger partial charge in [0, 0.05) is 11.0 Å². The van der Waals surface area contributed by atoms with Gasteiger partial charge >= 0.3 is 0 Å². The van der Waals surface area contributed by atoms with Gasteiger partial charge in [-0.15, -0.1) is 0 Å². The second kappa shape index (κ2) is 8.79. The highest BCUT2D eigenvalue weighted by atomic mass is 79.9. The number of nitrogens with one attached hydrogen (secondary N) is 2. The number of hydrogen-bond acceptors (Lipinski definition) is 1. The van der Waals surface area contributed by atoms with Gasteiger partial charge in [-0.3, -0.25) is 0 Å². The van der Waals surface area contributed by atoms with Gasteiger partial charge in [0.25, 0.3) is 0 Å². The molecular formula is C21H19BrN2S. The van der Waals surface area contributed by atoms with Crippen molar-refractivity contribution >= 4 is 33.3 Å².